The first-order valence-electron chi connectivity index (χ1n) is 7.86. The number of halogens is 1. The van der Waals surface area contributed by atoms with Crippen LogP contribution in [0.4, 0.5) is 5.69 Å². The lowest BCUT2D eigenvalue weighted by Gasteiger charge is -2.04. The van der Waals surface area contributed by atoms with E-state index >= 15 is 0 Å². The van der Waals surface area contributed by atoms with Crippen LogP contribution in [0.25, 0.3) is 5.69 Å². The molecular weight excluding hydrogens is 352 g/mol. The molecule has 2 N–H and O–H groups in total. The Morgan fingerprint density at radius 3 is 2.58 bits per heavy atom. The van der Waals surface area contributed by atoms with E-state index in [4.69, 9.17) is 11.6 Å². The Labute approximate surface area is 155 Å². The number of aryl methyl sites for hydroxylation is 1. The van der Waals surface area contributed by atoms with Gasteiger partial charge in [0.05, 0.1) is 22.8 Å². The minimum Gasteiger partial charge on any atom is -0.410 e. The van der Waals surface area contributed by atoms with Gasteiger partial charge in [-0.25, -0.2) is 0 Å². The summed E-state index contributed by atoms with van der Waals surface area (Å²) in [6.45, 7) is 3.51. The minimum absolute atomic E-state index is 0.235. The van der Waals surface area contributed by atoms with E-state index in [0.29, 0.717) is 27.8 Å². The predicted molar refractivity (Wildman–Crippen MR) is 103 cm³/mol. The van der Waals surface area contributed by atoms with Crippen LogP contribution < -0.4 is 5.43 Å². The topological polar surface area (TPSA) is 87.7 Å². The molecular formula is C18H17ClN6O. The van der Waals surface area contributed by atoms with Crippen molar-refractivity contribution in [1.82, 2.24) is 15.0 Å². The number of nitrogens with one attached hydrogen (secondary N) is 1. The average Bonchev–Trinajstić information content (AvgIpc) is 3.03. The normalized spacial score (nSPS) is 12.3. The average molecular weight is 369 g/mol. The van der Waals surface area contributed by atoms with Crippen molar-refractivity contribution in [2.45, 2.75) is 13.8 Å². The van der Waals surface area contributed by atoms with E-state index in [2.05, 4.69) is 25.9 Å². The third-order valence-electron chi connectivity index (χ3n) is 3.61. The number of oxime groups is 1. The number of para-hydroxylation sites is 1. The Morgan fingerprint density at radius 1 is 1.12 bits per heavy atom. The van der Waals surface area contributed by atoms with E-state index in [1.165, 1.54) is 4.80 Å². The lowest BCUT2D eigenvalue weighted by atomic mass is 10.1. The second-order valence-corrected chi connectivity index (χ2v) is 5.96. The molecule has 3 rings (SSSR count). The molecule has 2 aromatic carbocycles. The van der Waals surface area contributed by atoms with Crippen LogP contribution in [0, 0.1) is 6.92 Å². The Morgan fingerprint density at radius 2 is 1.88 bits per heavy atom. The summed E-state index contributed by atoms with van der Waals surface area (Å²) in [5.74, 6) is 0. The van der Waals surface area contributed by atoms with Crippen LogP contribution in [0.1, 0.15) is 18.3 Å². The van der Waals surface area contributed by atoms with Gasteiger partial charge in [0.15, 0.2) is 5.71 Å². The van der Waals surface area contributed by atoms with Gasteiger partial charge in [-0.05, 0) is 44.2 Å². The van der Waals surface area contributed by atoms with Crippen LogP contribution in [0.5, 0.6) is 0 Å². The van der Waals surface area contributed by atoms with Crippen LogP contribution >= 0.6 is 11.6 Å². The maximum atomic E-state index is 9.48. The summed E-state index contributed by atoms with van der Waals surface area (Å²) in [6, 6.07) is 16.6. The lowest BCUT2D eigenvalue weighted by molar-refractivity contribution is 0.320. The molecule has 7 nitrogen and oxygen atoms in total. The first-order valence-corrected chi connectivity index (χ1v) is 8.24. The van der Waals surface area contributed by atoms with Crippen molar-refractivity contribution in [2.75, 3.05) is 5.43 Å². The summed E-state index contributed by atoms with van der Waals surface area (Å²) < 4.78 is 0. The van der Waals surface area contributed by atoms with Gasteiger partial charge in [0.25, 0.3) is 0 Å². The zero-order valence-corrected chi connectivity index (χ0v) is 15.0. The second-order valence-electron chi connectivity index (χ2n) is 5.53. The molecule has 0 aliphatic heterocycles. The van der Waals surface area contributed by atoms with E-state index in [9.17, 15) is 5.21 Å². The zero-order chi connectivity index (χ0) is 18.5. The first kappa shape index (κ1) is 17.6. The number of aromatic nitrogens is 3. The Bertz CT molecular complexity index is 965. The number of anilines is 1. The van der Waals surface area contributed by atoms with Crippen molar-refractivity contribution in [2.24, 2.45) is 10.3 Å². The molecule has 26 heavy (non-hydrogen) atoms. The van der Waals surface area contributed by atoms with Gasteiger partial charge in [-0.1, -0.05) is 41.0 Å². The lowest BCUT2D eigenvalue weighted by Crippen LogP contribution is -2.16. The molecule has 8 heteroatoms. The smallest absolute Gasteiger partial charge is 0.155 e. The van der Waals surface area contributed by atoms with Gasteiger partial charge in [-0.15, -0.1) is 5.10 Å². The van der Waals surface area contributed by atoms with Crippen molar-refractivity contribution >= 4 is 28.7 Å². The van der Waals surface area contributed by atoms with Gasteiger partial charge in [0.2, 0.25) is 0 Å². The van der Waals surface area contributed by atoms with Gasteiger partial charge in [0, 0.05) is 5.02 Å². The van der Waals surface area contributed by atoms with Crippen LogP contribution in [0.3, 0.4) is 0 Å². The summed E-state index contributed by atoms with van der Waals surface area (Å²) in [4.78, 5) is 1.44. The van der Waals surface area contributed by atoms with Crippen LogP contribution in [-0.2, 0) is 0 Å². The maximum Gasteiger partial charge on any atom is 0.155 e. The molecule has 1 aromatic heterocycles. The maximum absolute atomic E-state index is 9.48. The number of hydrazone groups is 1. The quantitative estimate of drug-likeness (QED) is 0.406. The molecule has 0 bridgehead atoms. The summed E-state index contributed by atoms with van der Waals surface area (Å²) in [7, 11) is 0. The largest absolute Gasteiger partial charge is 0.410 e. The molecule has 3 aromatic rings. The number of rotatable bonds is 5. The third kappa shape index (κ3) is 3.89. The highest BCUT2D eigenvalue weighted by atomic mass is 35.5. The van der Waals surface area contributed by atoms with Crippen LogP contribution in [0.2, 0.25) is 5.02 Å². The SMILES string of the molecule is CC(=N\Nc1ccccc1)/C(=N/O)c1nn(-c2cccc(Cl)c2)nc1C. The van der Waals surface area contributed by atoms with Crippen molar-refractivity contribution in [1.29, 1.82) is 0 Å². The Hall–Kier alpha value is -3.19. The summed E-state index contributed by atoms with van der Waals surface area (Å²) in [5, 5.41) is 26.5. The predicted octanol–water partition coefficient (Wildman–Crippen LogP) is 3.90. The Kier molecular flexibility index (Phi) is 5.28. The number of nitrogens with zero attached hydrogens (tertiary/aromatic N) is 5. The zero-order valence-electron chi connectivity index (χ0n) is 14.3. The fourth-order valence-corrected chi connectivity index (χ4v) is 2.50. The van der Waals surface area contributed by atoms with Gasteiger partial charge >= 0.3 is 0 Å². The van der Waals surface area contributed by atoms with E-state index in [1.54, 1.807) is 26.0 Å². The van der Waals surface area contributed by atoms with E-state index in [-0.39, 0.29) is 5.71 Å². The van der Waals surface area contributed by atoms with E-state index < -0.39 is 0 Å². The van der Waals surface area contributed by atoms with Crippen molar-refractivity contribution < 1.29 is 5.21 Å². The molecule has 132 valence electrons. The van der Waals surface area contributed by atoms with Crippen LogP contribution in [-0.4, -0.2) is 31.6 Å². The molecule has 0 spiro atoms. The molecule has 0 saturated heterocycles. The number of benzene rings is 2. The molecule has 0 atom stereocenters. The van der Waals surface area contributed by atoms with E-state index in [1.807, 2.05) is 42.5 Å². The van der Waals surface area contributed by atoms with Crippen molar-refractivity contribution in [3.8, 4) is 5.69 Å². The second kappa shape index (κ2) is 7.79. The fraction of sp³-hybridized carbons (Fsp3) is 0.111. The fourth-order valence-electron chi connectivity index (χ4n) is 2.32. The number of hydrogen-bond acceptors (Lipinski definition) is 6. The molecule has 0 unspecified atom stereocenters. The molecule has 0 radical (unpaired) electrons. The van der Waals surface area contributed by atoms with Gasteiger partial charge in [-0.3, -0.25) is 5.43 Å². The minimum atomic E-state index is 0.235. The number of hydrogen-bond donors (Lipinski definition) is 2. The van der Waals surface area contributed by atoms with Crippen molar-refractivity contribution in [3.63, 3.8) is 0 Å². The highest BCUT2D eigenvalue weighted by Gasteiger charge is 2.18. The monoisotopic (exact) mass is 368 g/mol. The first-order chi connectivity index (χ1) is 12.6. The molecule has 0 aliphatic rings. The molecule has 0 aliphatic carbocycles. The summed E-state index contributed by atoms with van der Waals surface area (Å²) in [6.07, 6.45) is 0. The molecule has 0 amide bonds. The molecule has 0 fully saturated rings. The van der Waals surface area contributed by atoms with E-state index in [0.717, 1.165) is 5.69 Å². The highest BCUT2D eigenvalue weighted by Crippen LogP contribution is 2.15. The van der Waals surface area contributed by atoms with Gasteiger partial charge < -0.3 is 5.21 Å². The Balaban J connectivity index is 1.89. The summed E-state index contributed by atoms with van der Waals surface area (Å²) in [5.41, 5.74) is 6.19. The van der Waals surface area contributed by atoms with Crippen LogP contribution in [0.15, 0.2) is 64.9 Å². The highest BCUT2D eigenvalue weighted by molar-refractivity contribution is 6.47. The molecule has 1 heterocycles. The summed E-state index contributed by atoms with van der Waals surface area (Å²) >= 11 is 6.02. The van der Waals surface area contributed by atoms with Gasteiger partial charge in [-0.2, -0.15) is 15.0 Å². The van der Waals surface area contributed by atoms with Crippen molar-refractivity contribution in [3.05, 3.63) is 71.0 Å². The standard InChI is InChI=1S/C18H17ClN6O/c1-12(20-21-15-8-4-3-5-9-15)18(24-26)17-13(2)22-25(23-17)16-10-6-7-14(19)11-16/h3-11,21,26H,1-2H3/b20-12+,24-18-. The third-order valence-corrected chi connectivity index (χ3v) is 3.85. The van der Waals surface area contributed by atoms with Gasteiger partial charge in [0.1, 0.15) is 5.69 Å². The molecule has 0 saturated carbocycles.